The first kappa shape index (κ1) is 17.6. The molecule has 25 heavy (non-hydrogen) atoms. The first-order valence-corrected chi connectivity index (χ1v) is 8.35. The summed E-state index contributed by atoms with van der Waals surface area (Å²) in [6.45, 7) is 1.98. The largest absolute Gasteiger partial charge is 0.494 e. The lowest BCUT2D eigenvalue weighted by molar-refractivity contribution is 0.157. The minimum absolute atomic E-state index is 0. The topological polar surface area (TPSA) is 48.3 Å². The fourth-order valence-corrected chi connectivity index (χ4v) is 3.19. The third-order valence-electron chi connectivity index (χ3n) is 4.42. The minimum Gasteiger partial charge on any atom is -0.494 e. The molecule has 1 aromatic heterocycles. The Morgan fingerprint density at radius 1 is 1.04 bits per heavy atom. The van der Waals surface area contributed by atoms with Gasteiger partial charge in [0.15, 0.2) is 0 Å². The molecule has 2 aromatic carbocycles. The Morgan fingerprint density at radius 3 is 2.52 bits per heavy atom. The third kappa shape index (κ3) is 3.43. The monoisotopic (exact) mass is 359 g/mol. The number of para-hydroxylation sites is 2. The lowest BCUT2D eigenvalue weighted by Crippen LogP contribution is -2.34. The summed E-state index contributed by atoms with van der Waals surface area (Å²) in [5.74, 6) is 1.48. The molecule has 1 N–H and O–H groups in total. The van der Waals surface area contributed by atoms with Gasteiger partial charge in [0, 0.05) is 0 Å². The lowest BCUT2D eigenvalue weighted by atomic mass is 10.1. The fourth-order valence-electron chi connectivity index (χ4n) is 3.19. The van der Waals surface area contributed by atoms with Gasteiger partial charge in [0.05, 0.1) is 18.2 Å². The van der Waals surface area contributed by atoms with Crippen molar-refractivity contribution in [3.8, 4) is 17.3 Å². The molecular formula is C19H22ClN3O2. The molecule has 1 saturated heterocycles. The molecule has 0 aliphatic carbocycles. The van der Waals surface area contributed by atoms with E-state index in [1.807, 2.05) is 53.2 Å². The Bertz CT molecular complexity index is 829. The van der Waals surface area contributed by atoms with Gasteiger partial charge in [-0.1, -0.05) is 24.3 Å². The van der Waals surface area contributed by atoms with Gasteiger partial charge in [0.2, 0.25) is 5.88 Å². The van der Waals surface area contributed by atoms with Gasteiger partial charge < -0.3 is 14.8 Å². The zero-order chi connectivity index (χ0) is 16.4. The summed E-state index contributed by atoms with van der Waals surface area (Å²) in [5, 5.41) is 9.10. The van der Waals surface area contributed by atoms with Crippen LogP contribution in [-0.4, -0.2) is 36.1 Å². The number of nitrogens with zero attached hydrogens (tertiary/aromatic N) is 2. The highest BCUT2D eigenvalue weighted by Crippen LogP contribution is 2.34. The van der Waals surface area contributed by atoms with Crippen LogP contribution in [0.4, 0.5) is 0 Å². The van der Waals surface area contributed by atoms with E-state index in [4.69, 9.17) is 14.6 Å². The van der Waals surface area contributed by atoms with Gasteiger partial charge in [-0.2, -0.15) is 0 Å². The van der Waals surface area contributed by atoms with Crippen LogP contribution in [0, 0.1) is 0 Å². The number of hydrogen-bond acceptors (Lipinski definition) is 4. The number of ether oxygens (including phenoxy) is 2. The van der Waals surface area contributed by atoms with E-state index in [0.717, 1.165) is 48.3 Å². The zero-order valence-corrected chi connectivity index (χ0v) is 15.0. The van der Waals surface area contributed by atoms with E-state index in [2.05, 4.69) is 5.32 Å². The van der Waals surface area contributed by atoms with Crippen LogP contribution in [-0.2, 0) is 0 Å². The molecule has 1 aliphatic rings. The maximum Gasteiger partial charge on any atom is 0.241 e. The molecule has 4 rings (SSSR count). The molecule has 132 valence electrons. The quantitative estimate of drug-likeness (QED) is 0.773. The molecule has 1 aliphatic heterocycles. The molecule has 5 nitrogen and oxygen atoms in total. The van der Waals surface area contributed by atoms with E-state index < -0.39 is 0 Å². The SMILES string of the molecule is COc1cccc2c(OC3CCNCC3)nn(-c3ccccc3)c12.Cl. The zero-order valence-electron chi connectivity index (χ0n) is 14.1. The normalized spacial score (nSPS) is 14.9. The van der Waals surface area contributed by atoms with Crippen molar-refractivity contribution in [3.05, 3.63) is 48.5 Å². The molecule has 1 fully saturated rings. The second kappa shape index (κ2) is 7.76. The smallest absolute Gasteiger partial charge is 0.241 e. The van der Waals surface area contributed by atoms with Gasteiger partial charge in [-0.15, -0.1) is 17.5 Å². The van der Waals surface area contributed by atoms with Gasteiger partial charge in [-0.05, 0) is 50.2 Å². The van der Waals surface area contributed by atoms with Crippen LogP contribution in [0.1, 0.15) is 12.8 Å². The van der Waals surface area contributed by atoms with Crippen molar-refractivity contribution in [2.45, 2.75) is 18.9 Å². The maximum atomic E-state index is 6.24. The highest BCUT2D eigenvalue weighted by Gasteiger charge is 2.21. The Kier molecular flexibility index (Phi) is 5.46. The van der Waals surface area contributed by atoms with Crippen molar-refractivity contribution in [3.63, 3.8) is 0 Å². The molecule has 6 heteroatoms. The number of fused-ring (bicyclic) bond motifs is 1. The fraction of sp³-hybridized carbons (Fsp3) is 0.316. The Balaban J connectivity index is 0.00000182. The van der Waals surface area contributed by atoms with Crippen molar-refractivity contribution >= 4 is 23.3 Å². The average Bonchev–Trinajstić information content (AvgIpc) is 3.02. The highest BCUT2D eigenvalue weighted by molar-refractivity contribution is 5.91. The number of piperidine rings is 1. The van der Waals surface area contributed by atoms with E-state index in [9.17, 15) is 0 Å². The Morgan fingerprint density at radius 2 is 1.80 bits per heavy atom. The standard InChI is InChI=1S/C19H21N3O2.ClH/c1-23-17-9-5-8-16-18(17)22(14-6-3-2-4-7-14)21-19(16)24-15-10-12-20-13-11-15;/h2-9,15,20H,10-13H2,1H3;1H. The second-order valence-electron chi connectivity index (χ2n) is 5.98. The van der Waals surface area contributed by atoms with Crippen LogP contribution < -0.4 is 14.8 Å². The van der Waals surface area contributed by atoms with Crippen molar-refractivity contribution in [2.24, 2.45) is 0 Å². The maximum absolute atomic E-state index is 6.24. The van der Waals surface area contributed by atoms with Gasteiger partial charge in [0.25, 0.3) is 0 Å². The van der Waals surface area contributed by atoms with E-state index >= 15 is 0 Å². The third-order valence-corrected chi connectivity index (χ3v) is 4.42. The predicted molar refractivity (Wildman–Crippen MR) is 101 cm³/mol. The van der Waals surface area contributed by atoms with Crippen LogP contribution in [0.5, 0.6) is 11.6 Å². The summed E-state index contributed by atoms with van der Waals surface area (Å²) in [5.41, 5.74) is 1.93. The number of aromatic nitrogens is 2. The van der Waals surface area contributed by atoms with Crippen molar-refractivity contribution in [1.82, 2.24) is 15.1 Å². The number of rotatable bonds is 4. The van der Waals surface area contributed by atoms with E-state index in [1.165, 1.54) is 0 Å². The summed E-state index contributed by atoms with van der Waals surface area (Å²) < 4.78 is 13.7. The first-order valence-electron chi connectivity index (χ1n) is 8.35. The van der Waals surface area contributed by atoms with Crippen LogP contribution in [0.15, 0.2) is 48.5 Å². The molecule has 0 radical (unpaired) electrons. The number of halogens is 1. The number of nitrogens with one attached hydrogen (secondary N) is 1. The van der Waals surface area contributed by atoms with Crippen LogP contribution in [0.25, 0.3) is 16.6 Å². The van der Waals surface area contributed by atoms with Crippen LogP contribution in [0.3, 0.4) is 0 Å². The first-order chi connectivity index (χ1) is 11.9. The molecule has 0 atom stereocenters. The summed E-state index contributed by atoms with van der Waals surface area (Å²) in [4.78, 5) is 0. The summed E-state index contributed by atoms with van der Waals surface area (Å²) >= 11 is 0. The molecule has 3 aromatic rings. The van der Waals surface area contributed by atoms with Gasteiger partial charge in [0.1, 0.15) is 17.4 Å². The Labute approximate surface area is 153 Å². The molecular weight excluding hydrogens is 338 g/mol. The molecule has 0 saturated carbocycles. The van der Waals surface area contributed by atoms with E-state index in [-0.39, 0.29) is 18.5 Å². The average molecular weight is 360 g/mol. The molecule has 0 spiro atoms. The van der Waals surface area contributed by atoms with Gasteiger partial charge in [-0.25, -0.2) is 4.68 Å². The minimum atomic E-state index is 0. The predicted octanol–water partition coefficient (Wildman–Crippen LogP) is 3.59. The van der Waals surface area contributed by atoms with Crippen LogP contribution >= 0.6 is 12.4 Å². The highest BCUT2D eigenvalue weighted by atomic mass is 35.5. The van der Waals surface area contributed by atoms with Gasteiger partial charge in [-0.3, -0.25) is 0 Å². The summed E-state index contributed by atoms with van der Waals surface area (Å²) in [7, 11) is 1.68. The second-order valence-corrected chi connectivity index (χ2v) is 5.98. The summed E-state index contributed by atoms with van der Waals surface area (Å²) in [6, 6.07) is 16.1. The molecule has 2 heterocycles. The van der Waals surface area contributed by atoms with E-state index in [1.54, 1.807) is 7.11 Å². The van der Waals surface area contributed by atoms with E-state index in [0.29, 0.717) is 5.88 Å². The molecule has 0 amide bonds. The Hall–Kier alpha value is -2.24. The number of benzene rings is 2. The van der Waals surface area contributed by atoms with Crippen molar-refractivity contribution < 1.29 is 9.47 Å². The van der Waals surface area contributed by atoms with Crippen molar-refractivity contribution in [2.75, 3.05) is 20.2 Å². The number of methoxy groups -OCH3 is 1. The lowest BCUT2D eigenvalue weighted by Gasteiger charge is -2.22. The van der Waals surface area contributed by atoms with Crippen molar-refractivity contribution in [1.29, 1.82) is 0 Å². The van der Waals surface area contributed by atoms with Gasteiger partial charge >= 0.3 is 0 Å². The van der Waals surface area contributed by atoms with Crippen LogP contribution in [0.2, 0.25) is 0 Å². The molecule has 0 unspecified atom stereocenters. The molecule has 0 bridgehead atoms. The number of hydrogen-bond donors (Lipinski definition) is 1. The summed E-state index contributed by atoms with van der Waals surface area (Å²) in [6.07, 6.45) is 2.22.